The fourth-order valence-corrected chi connectivity index (χ4v) is 5.64. The Morgan fingerprint density at radius 3 is 2.08 bits per heavy atom. The quantitative estimate of drug-likeness (QED) is 0.258. The molecule has 0 bridgehead atoms. The van der Waals surface area contributed by atoms with E-state index < -0.39 is 8.80 Å². The summed E-state index contributed by atoms with van der Waals surface area (Å²) in [6, 6.07) is 9.31. The molecule has 0 amide bonds. The highest BCUT2D eigenvalue weighted by Crippen LogP contribution is 2.21. The lowest BCUT2D eigenvalue weighted by molar-refractivity contribution is 0.0706. The van der Waals surface area contributed by atoms with E-state index in [0.717, 1.165) is 44.1 Å². The van der Waals surface area contributed by atoms with Gasteiger partial charge in [-0.3, -0.25) is 0 Å². The van der Waals surface area contributed by atoms with Gasteiger partial charge in [0.2, 0.25) is 0 Å². The first-order chi connectivity index (χ1) is 12.7. The number of hydrogen-bond donors (Lipinski definition) is 0. The molecule has 0 saturated carbocycles. The SMILES string of the molecule is CCO[Si](CCCCCc1ccc(OCC2CO2)cc1)(OCC)OCC. The van der Waals surface area contributed by atoms with Gasteiger partial charge in [0.05, 0.1) is 6.61 Å². The third-order valence-electron chi connectivity index (χ3n) is 4.30. The molecule has 5 nitrogen and oxygen atoms in total. The molecule has 26 heavy (non-hydrogen) atoms. The monoisotopic (exact) mass is 382 g/mol. The van der Waals surface area contributed by atoms with E-state index in [1.165, 1.54) is 5.56 Å². The van der Waals surface area contributed by atoms with Gasteiger partial charge in [-0.05, 0) is 57.7 Å². The summed E-state index contributed by atoms with van der Waals surface area (Å²) < 4.78 is 28.5. The van der Waals surface area contributed by atoms with Gasteiger partial charge in [0.1, 0.15) is 18.5 Å². The molecule has 1 unspecified atom stereocenters. The Kier molecular flexibility index (Phi) is 9.64. The summed E-state index contributed by atoms with van der Waals surface area (Å²) in [6.45, 7) is 9.44. The van der Waals surface area contributed by atoms with Crippen molar-refractivity contribution < 1.29 is 22.8 Å². The van der Waals surface area contributed by atoms with E-state index in [-0.39, 0.29) is 0 Å². The molecule has 2 rings (SSSR count). The first kappa shape index (κ1) is 21.4. The maximum absolute atomic E-state index is 5.90. The summed E-state index contributed by atoms with van der Waals surface area (Å²) in [4.78, 5) is 0. The second kappa shape index (κ2) is 11.7. The lowest BCUT2D eigenvalue weighted by atomic mass is 10.1. The lowest BCUT2D eigenvalue weighted by Crippen LogP contribution is -2.45. The summed E-state index contributed by atoms with van der Waals surface area (Å²) in [5.41, 5.74) is 1.35. The highest BCUT2D eigenvalue weighted by Gasteiger charge is 2.39. The Balaban J connectivity index is 1.66. The largest absolute Gasteiger partial charge is 0.500 e. The molecule has 0 N–H and O–H groups in total. The second-order valence-corrected chi connectivity index (χ2v) is 9.19. The molecule has 1 aliphatic heterocycles. The normalized spacial score (nSPS) is 16.7. The van der Waals surface area contributed by atoms with E-state index in [1.807, 2.05) is 20.8 Å². The predicted octanol–water partition coefficient (Wildman–Crippen LogP) is 4.23. The van der Waals surface area contributed by atoms with E-state index in [0.29, 0.717) is 32.5 Å². The maximum atomic E-state index is 5.90. The van der Waals surface area contributed by atoms with Crippen molar-refractivity contribution in [2.45, 2.75) is 58.6 Å². The number of benzene rings is 1. The van der Waals surface area contributed by atoms with Gasteiger partial charge in [0.15, 0.2) is 0 Å². The van der Waals surface area contributed by atoms with Gasteiger partial charge in [-0.2, -0.15) is 0 Å². The number of epoxide rings is 1. The van der Waals surface area contributed by atoms with Crippen molar-refractivity contribution in [3.05, 3.63) is 29.8 Å². The standard InChI is InChI=1S/C20H34O5Si/c1-4-23-26(24-5-2,25-6-3)15-9-7-8-10-18-11-13-19(14-12-18)21-16-20-17-22-20/h11-14,20H,4-10,15-17H2,1-3H3. The van der Waals surface area contributed by atoms with Crippen LogP contribution in [-0.2, 0) is 24.4 Å². The molecule has 1 aliphatic rings. The fourth-order valence-electron chi connectivity index (χ4n) is 2.95. The average molecular weight is 383 g/mol. The first-order valence-electron chi connectivity index (χ1n) is 9.96. The number of ether oxygens (including phenoxy) is 2. The number of aryl methyl sites for hydroxylation is 1. The molecule has 1 atom stereocenters. The molecule has 1 saturated heterocycles. The van der Waals surface area contributed by atoms with Crippen LogP contribution in [0.15, 0.2) is 24.3 Å². The molecule has 1 fully saturated rings. The lowest BCUT2D eigenvalue weighted by Gasteiger charge is -2.28. The Labute approximate surface area is 159 Å². The molecule has 1 heterocycles. The predicted molar refractivity (Wildman–Crippen MR) is 105 cm³/mol. The number of rotatable bonds is 15. The van der Waals surface area contributed by atoms with Crippen molar-refractivity contribution in [1.82, 2.24) is 0 Å². The van der Waals surface area contributed by atoms with Crippen molar-refractivity contribution in [3.63, 3.8) is 0 Å². The molecular formula is C20H34O5Si. The van der Waals surface area contributed by atoms with Crippen molar-refractivity contribution in [3.8, 4) is 5.75 Å². The minimum Gasteiger partial charge on any atom is -0.491 e. The maximum Gasteiger partial charge on any atom is 0.500 e. The van der Waals surface area contributed by atoms with Gasteiger partial charge in [-0.15, -0.1) is 0 Å². The van der Waals surface area contributed by atoms with E-state index in [9.17, 15) is 0 Å². The minimum absolute atomic E-state index is 0.301. The van der Waals surface area contributed by atoms with Crippen molar-refractivity contribution in [2.24, 2.45) is 0 Å². The Bertz CT molecular complexity index is 472. The van der Waals surface area contributed by atoms with Gasteiger partial charge < -0.3 is 22.8 Å². The van der Waals surface area contributed by atoms with Crippen molar-refractivity contribution >= 4 is 8.80 Å². The van der Waals surface area contributed by atoms with Crippen LogP contribution in [0, 0.1) is 0 Å². The van der Waals surface area contributed by atoms with Gasteiger partial charge >= 0.3 is 8.80 Å². The minimum atomic E-state index is -2.47. The fraction of sp³-hybridized carbons (Fsp3) is 0.700. The van der Waals surface area contributed by atoms with Crippen molar-refractivity contribution in [1.29, 1.82) is 0 Å². The Morgan fingerprint density at radius 2 is 1.54 bits per heavy atom. The third-order valence-corrected chi connectivity index (χ3v) is 7.45. The third kappa shape index (κ3) is 7.76. The smallest absolute Gasteiger partial charge is 0.491 e. The van der Waals surface area contributed by atoms with Crippen LogP contribution >= 0.6 is 0 Å². The summed E-state index contributed by atoms with van der Waals surface area (Å²) >= 11 is 0. The van der Waals surface area contributed by atoms with Crippen LogP contribution < -0.4 is 4.74 Å². The van der Waals surface area contributed by atoms with E-state index in [2.05, 4.69) is 24.3 Å². The average Bonchev–Trinajstić information content (AvgIpc) is 3.46. The summed E-state index contributed by atoms with van der Waals surface area (Å²) in [7, 11) is -2.47. The van der Waals surface area contributed by atoms with Gasteiger partial charge in [0, 0.05) is 25.9 Å². The van der Waals surface area contributed by atoms with Crippen molar-refractivity contribution in [2.75, 3.05) is 33.0 Å². The van der Waals surface area contributed by atoms with Crippen LogP contribution in [0.1, 0.15) is 45.6 Å². The Hall–Kier alpha value is -0.923. The van der Waals surface area contributed by atoms with Crippen LogP contribution in [0.3, 0.4) is 0 Å². The second-order valence-electron chi connectivity index (χ2n) is 6.45. The summed E-state index contributed by atoms with van der Waals surface area (Å²) in [6.07, 6.45) is 4.77. The topological polar surface area (TPSA) is 49.5 Å². The van der Waals surface area contributed by atoms with Gasteiger partial charge in [0.25, 0.3) is 0 Å². The zero-order valence-electron chi connectivity index (χ0n) is 16.5. The Morgan fingerprint density at radius 1 is 0.923 bits per heavy atom. The van der Waals surface area contributed by atoms with Crippen LogP contribution in [0.5, 0.6) is 5.75 Å². The summed E-state index contributed by atoms with van der Waals surface area (Å²) in [5.74, 6) is 0.921. The van der Waals surface area contributed by atoms with Crippen LogP contribution in [0.4, 0.5) is 0 Å². The molecule has 0 aliphatic carbocycles. The highest BCUT2D eigenvalue weighted by molar-refractivity contribution is 6.60. The van der Waals surface area contributed by atoms with Crippen LogP contribution in [0.2, 0.25) is 6.04 Å². The zero-order chi connectivity index (χ0) is 18.7. The molecule has 6 heteroatoms. The molecular weight excluding hydrogens is 348 g/mol. The van der Waals surface area contributed by atoms with E-state index >= 15 is 0 Å². The molecule has 0 radical (unpaired) electrons. The van der Waals surface area contributed by atoms with Gasteiger partial charge in [-0.25, -0.2) is 0 Å². The molecule has 0 aromatic heterocycles. The van der Waals surface area contributed by atoms with Gasteiger partial charge in [-0.1, -0.05) is 18.6 Å². The molecule has 0 spiro atoms. The molecule has 148 valence electrons. The number of hydrogen-bond acceptors (Lipinski definition) is 5. The van der Waals surface area contributed by atoms with Crippen LogP contribution in [-0.4, -0.2) is 47.9 Å². The van der Waals surface area contributed by atoms with E-state index in [4.69, 9.17) is 22.8 Å². The summed E-state index contributed by atoms with van der Waals surface area (Å²) in [5, 5.41) is 0. The van der Waals surface area contributed by atoms with E-state index in [1.54, 1.807) is 0 Å². The highest BCUT2D eigenvalue weighted by atomic mass is 28.4. The first-order valence-corrected chi connectivity index (χ1v) is 11.9. The molecule has 1 aromatic carbocycles. The zero-order valence-corrected chi connectivity index (χ0v) is 17.5. The number of unbranched alkanes of at least 4 members (excludes halogenated alkanes) is 2. The van der Waals surface area contributed by atoms with Crippen LogP contribution in [0.25, 0.3) is 0 Å². The molecule has 1 aromatic rings.